The Labute approximate surface area is 205 Å². The zero-order valence-electron chi connectivity index (χ0n) is 20.4. The van der Waals surface area contributed by atoms with Crippen LogP contribution in [0.15, 0.2) is 23.1 Å². The van der Waals surface area contributed by atoms with Crippen molar-refractivity contribution in [1.29, 1.82) is 0 Å². The standard InChI is InChI=1S/C24H32FN5O4S/c1-16-13-20(25)8-9-21(16)26-24(32)19-7-6-12-29(14-19)35(33,34)23-17(2)27-30(18(23)3)15-22(31)28-10-4-5-11-28/h8-9,13,19H,4-7,10-12,14-15H2,1-3H3,(H,26,32)/t19-/m1/s1. The molecule has 1 N–H and O–H groups in total. The topological polar surface area (TPSA) is 105 Å². The molecule has 2 saturated heterocycles. The highest BCUT2D eigenvalue weighted by atomic mass is 32.2. The van der Waals surface area contributed by atoms with Crippen molar-refractivity contribution >= 4 is 27.5 Å². The molecule has 2 amide bonds. The van der Waals surface area contributed by atoms with E-state index in [2.05, 4.69) is 10.4 Å². The van der Waals surface area contributed by atoms with Gasteiger partial charge in [0.05, 0.1) is 17.3 Å². The molecule has 2 aromatic rings. The van der Waals surface area contributed by atoms with Crippen molar-refractivity contribution in [2.24, 2.45) is 5.92 Å². The number of nitrogens with zero attached hydrogens (tertiary/aromatic N) is 4. The number of likely N-dealkylation sites (tertiary alicyclic amines) is 1. The van der Waals surface area contributed by atoms with E-state index in [4.69, 9.17) is 0 Å². The fourth-order valence-corrected chi connectivity index (χ4v) is 6.81. The summed E-state index contributed by atoms with van der Waals surface area (Å²) in [6.07, 6.45) is 3.05. The van der Waals surface area contributed by atoms with Crippen LogP contribution in [-0.2, 0) is 26.2 Å². The lowest BCUT2D eigenvalue weighted by molar-refractivity contribution is -0.131. The van der Waals surface area contributed by atoms with Gasteiger partial charge in [0.15, 0.2) is 0 Å². The van der Waals surface area contributed by atoms with E-state index >= 15 is 0 Å². The SMILES string of the molecule is Cc1cc(F)ccc1NC(=O)[C@@H]1CCCN(S(=O)(=O)c2c(C)nn(CC(=O)N3CCCC3)c2C)C1. The lowest BCUT2D eigenvalue weighted by atomic mass is 9.98. The molecule has 3 heterocycles. The Hall–Kier alpha value is -2.79. The Balaban J connectivity index is 1.49. The fraction of sp³-hybridized carbons (Fsp3) is 0.542. The first-order valence-electron chi connectivity index (χ1n) is 12.0. The van der Waals surface area contributed by atoms with Crippen LogP contribution in [0.1, 0.15) is 42.6 Å². The molecular formula is C24H32FN5O4S. The number of aromatic nitrogens is 2. The molecule has 35 heavy (non-hydrogen) atoms. The molecule has 11 heteroatoms. The summed E-state index contributed by atoms with van der Waals surface area (Å²) in [5.74, 6) is -1.28. The maximum absolute atomic E-state index is 13.6. The number of benzene rings is 1. The third-order valence-corrected chi connectivity index (χ3v) is 8.98. The molecule has 0 saturated carbocycles. The fourth-order valence-electron chi connectivity index (χ4n) is 4.91. The molecule has 0 spiro atoms. The number of aryl methyl sites for hydroxylation is 2. The quantitative estimate of drug-likeness (QED) is 0.650. The Morgan fingerprint density at radius 2 is 1.83 bits per heavy atom. The number of carbonyl (C=O) groups excluding carboxylic acids is 2. The van der Waals surface area contributed by atoms with Gasteiger partial charge in [0.1, 0.15) is 17.3 Å². The van der Waals surface area contributed by atoms with Crippen molar-refractivity contribution in [1.82, 2.24) is 19.0 Å². The molecule has 2 aliphatic rings. The molecule has 4 rings (SSSR count). The lowest BCUT2D eigenvalue weighted by Crippen LogP contribution is -2.44. The normalized spacial score (nSPS) is 19.2. The van der Waals surface area contributed by atoms with Crippen molar-refractivity contribution in [3.8, 4) is 0 Å². The van der Waals surface area contributed by atoms with Gasteiger partial charge in [0, 0.05) is 31.9 Å². The number of rotatable bonds is 6. The van der Waals surface area contributed by atoms with E-state index < -0.39 is 15.9 Å². The van der Waals surface area contributed by atoms with Gasteiger partial charge in [-0.15, -0.1) is 0 Å². The van der Waals surface area contributed by atoms with Crippen LogP contribution in [0.25, 0.3) is 0 Å². The van der Waals surface area contributed by atoms with Crippen LogP contribution in [-0.4, -0.2) is 65.4 Å². The Morgan fingerprint density at radius 1 is 1.11 bits per heavy atom. The molecule has 0 aliphatic carbocycles. The van der Waals surface area contributed by atoms with Crippen molar-refractivity contribution < 1.29 is 22.4 Å². The molecule has 2 aliphatic heterocycles. The Bertz CT molecular complexity index is 1240. The highest BCUT2D eigenvalue weighted by molar-refractivity contribution is 7.89. The van der Waals surface area contributed by atoms with Gasteiger partial charge in [-0.05, 0) is 70.2 Å². The minimum absolute atomic E-state index is 0.00421. The predicted molar refractivity (Wildman–Crippen MR) is 129 cm³/mol. The summed E-state index contributed by atoms with van der Waals surface area (Å²) < 4.78 is 43.4. The monoisotopic (exact) mass is 505 g/mol. The molecule has 0 radical (unpaired) electrons. The van der Waals surface area contributed by atoms with Gasteiger partial charge < -0.3 is 10.2 Å². The third kappa shape index (κ3) is 5.25. The number of piperidine rings is 1. The minimum atomic E-state index is -3.91. The van der Waals surface area contributed by atoms with Gasteiger partial charge in [-0.2, -0.15) is 9.40 Å². The summed E-state index contributed by atoms with van der Waals surface area (Å²) in [5, 5.41) is 7.17. The molecule has 2 fully saturated rings. The number of nitrogens with one attached hydrogen (secondary N) is 1. The van der Waals surface area contributed by atoms with E-state index in [0.717, 1.165) is 25.9 Å². The first-order chi connectivity index (χ1) is 16.6. The summed E-state index contributed by atoms with van der Waals surface area (Å²) in [6, 6.07) is 4.12. The number of amides is 2. The molecule has 0 bridgehead atoms. The van der Waals surface area contributed by atoms with Gasteiger partial charge in [-0.1, -0.05) is 0 Å². The molecule has 1 atom stereocenters. The first kappa shape index (κ1) is 25.3. The van der Waals surface area contributed by atoms with E-state index in [0.29, 0.717) is 42.0 Å². The van der Waals surface area contributed by atoms with Crippen LogP contribution >= 0.6 is 0 Å². The second-order valence-electron chi connectivity index (χ2n) is 9.40. The first-order valence-corrected chi connectivity index (χ1v) is 13.4. The average Bonchev–Trinajstić information content (AvgIpc) is 3.44. The molecule has 190 valence electrons. The van der Waals surface area contributed by atoms with Crippen molar-refractivity contribution in [2.45, 2.75) is 57.9 Å². The zero-order valence-corrected chi connectivity index (χ0v) is 21.2. The number of hydrogen-bond donors (Lipinski definition) is 1. The van der Waals surface area contributed by atoms with Crippen LogP contribution in [0.2, 0.25) is 0 Å². The highest BCUT2D eigenvalue weighted by Crippen LogP contribution is 2.29. The summed E-state index contributed by atoms with van der Waals surface area (Å²) in [4.78, 5) is 27.4. The molecule has 1 aromatic carbocycles. The van der Waals surface area contributed by atoms with Gasteiger partial charge in [-0.25, -0.2) is 12.8 Å². The number of hydrogen-bond acceptors (Lipinski definition) is 5. The van der Waals surface area contributed by atoms with Crippen molar-refractivity contribution in [2.75, 3.05) is 31.5 Å². The predicted octanol–water partition coefficient (Wildman–Crippen LogP) is 2.61. The molecule has 9 nitrogen and oxygen atoms in total. The number of halogens is 1. The number of carbonyl (C=O) groups is 2. The van der Waals surface area contributed by atoms with Gasteiger partial charge >= 0.3 is 0 Å². The number of anilines is 1. The van der Waals surface area contributed by atoms with Crippen LogP contribution in [0.3, 0.4) is 0 Å². The smallest absolute Gasteiger partial charge is 0.246 e. The van der Waals surface area contributed by atoms with E-state index in [1.807, 2.05) is 0 Å². The van der Waals surface area contributed by atoms with Crippen LogP contribution in [0, 0.1) is 32.5 Å². The summed E-state index contributed by atoms with van der Waals surface area (Å²) in [7, 11) is -3.91. The van der Waals surface area contributed by atoms with E-state index in [1.165, 1.54) is 27.2 Å². The lowest BCUT2D eigenvalue weighted by Gasteiger charge is -2.31. The summed E-state index contributed by atoms with van der Waals surface area (Å²) >= 11 is 0. The van der Waals surface area contributed by atoms with E-state index in [1.54, 1.807) is 25.7 Å². The third-order valence-electron chi connectivity index (χ3n) is 6.86. The zero-order chi connectivity index (χ0) is 25.3. The van der Waals surface area contributed by atoms with Gasteiger partial charge in [-0.3, -0.25) is 14.3 Å². The van der Waals surface area contributed by atoms with E-state index in [-0.39, 0.29) is 35.6 Å². The second-order valence-corrected chi connectivity index (χ2v) is 11.3. The molecule has 1 aromatic heterocycles. The summed E-state index contributed by atoms with van der Waals surface area (Å²) in [6.45, 7) is 6.79. The molecule has 0 unspecified atom stereocenters. The van der Waals surface area contributed by atoms with Crippen LogP contribution < -0.4 is 5.32 Å². The maximum atomic E-state index is 13.6. The van der Waals surface area contributed by atoms with Crippen molar-refractivity contribution in [3.63, 3.8) is 0 Å². The Morgan fingerprint density at radius 3 is 2.51 bits per heavy atom. The maximum Gasteiger partial charge on any atom is 0.246 e. The molecular weight excluding hydrogens is 473 g/mol. The van der Waals surface area contributed by atoms with Gasteiger partial charge in [0.2, 0.25) is 21.8 Å². The number of sulfonamides is 1. The van der Waals surface area contributed by atoms with Crippen LogP contribution in [0.5, 0.6) is 0 Å². The Kier molecular flexibility index (Phi) is 7.27. The minimum Gasteiger partial charge on any atom is -0.341 e. The second kappa shape index (κ2) is 10.1. The van der Waals surface area contributed by atoms with Crippen LogP contribution in [0.4, 0.5) is 10.1 Å². The van der Waals surface area contributed by atoms with Gasteiger partial charge in [0.25, 0.3) is 0 Å². The van der Waals surface area contributed by atoms with Crippen molar-refractivity contribution in [3.05, 3.63) is 41.0 Å². The summed E-state index contributed by atoms with van der Waals surface area (Å²) in [5.41, 5.74) is 1.86. The average molecular weight is 506 g/mol. The highest BCUT2D eigenvalue weighted by Gasteiger charge is 2.37. The van der Waals surface area contributed by atoms with E-state index in [9.17, 15) is 22.4 Å². The largest absolute Gasteiger partial charge is 0.341 e.